The first-order valence-corrected chi connectivity index (χ1v) is 12.5. The Morgan fingerprint density at radius 3 is 2.65 bits per heavy atom. The molecule has 1 fully saturated rings. The van der Waals surface area contributed by atoms with Gasteiger partial charge in [-0.15, -0.1) is 0 Å². The van der Waals surface area contributed by atoms with Crippen molar-refractivity contribution in [3.8, 4) is 11.3 Å². The van der Waals surface area contributed by atoms with E-state index in [9.17, 15) is 9.59 Å². The quantitative estimate of drug-likeness (QED) is 0.459. The molecule has 2 aromatic carbocycles. The Hall–Kier alpha value is -3.34. The summed E-state index contributed by atoms with van der Waals surface area (Å²) < 4.78 is 6.16. The summed E-state index contributed by atoms with van der Waals surface area (Å²) in [7, 11) is 0. The summed E-state index contributed by atoms with van der Waals surface area (Å²) >= 11 is 0. The molecule has 0 unspecified atom stereocenters. The van der Waals surface area contributed by atoms with Crippen molar-refractivity contribution in [2.75, 3.05) is 11.9 Å². The van der Waals surface area contributed by atoms with Crippen LogP contribution in [0.15, 0.2) is 59.0 Å². The van der Waals surface area contributed by atoms with Gasteiger partial charge in [-0.25, -0.2) is 0 Å². The molecule has 5 heteroatoms. The minimum absolute atomic E-state index is 0.122. The second-order valence-corrected chi connectivity index (χ2v) is 9.53. The van der Waals surface area contributed by atoms with Crippen molar-refractivity contribution in [3.63, 3.8) is 0 Å². The third-order valence-corrected chi connectivity index (χ3v) is 7.07. The van der Waals surface area contributed by atoms with E-state index in [1.54, 1.807) is 0 Å². The fourth-order valence-electron chi connectivity index (χ4n) is 4.73. The number of rotatable bonds is 7. The Bertz CT molecular complexity index is 1170. The molecule has 1 aliphatic carbocycles. The first-order chi connectivity index (χ1) is 16.6. The Morgan fingerprint density at radius 2 is 1.91 bits per heavy atom. The summed E-state index contributed by atoms with van der Waals surface area (Å²) in [5.41, 5.74) is 4.64. The van der Waals surface area contributed by atoms with Crippen LogP contribution in [0, 0.1) is 5.92 Å². The number of nitrogens with one attached hydrogen (secondary N) is 1. The SMILES string of the molecule is CCCCc1ccc(C(=O)Nc2cccc(-c3cc4c(o3)CCN(C(=O)C3CCC3)C4)c2)cc1. The van der Waals surface area contributed by atoms with Crippen LogP contribution in [0.2, 0.25) is 0 Å². The van der Waals surface area contributed by atoms with Crippen LogP contribution in [0.25, 0.3) is 11.3 Å². The van der Waals surface area contributed by atoms with Crippen molar-refractivity contribution in [2.24, 2.45) is 5.92 Å². The van der Waals surface area contributed by atoms with E-state index in [4.69, 9.17) is 4.42 Å². The summed E-state index contributed by atoms with van der Waals surface area (Å²) in [5, 5.41) is 3.01. The molecule has 0 bridgehead atoms. The van der Waals surface area contributed by atoms with E-state index in [1.165, 1.54) is 12.0 Å². The van der Waals surface area contributed by atoms with Gasteiger partial charge in [-0.3, -0.25) is 9.59 Å². The number of carbonyl (C=O) groups excluding carboxylic acids is 2. The van der Waals surface area contributed by atoms with Crippen LogP contribution in [-0.4, -0.2) is 23.3 Å². The number of benzene rings is 2. The molecule has 0 spiro atoms. The van der Waals surface area contributed by atoms with Crippen LogP contribution in [0.4, 0.5) is 5.69 Å². The van der Waals surface area contributed by atoms with Crippen molar-refractivity contribution in [1.29, 1.82) is 0 Å². The van der Waals surface area contributed by atoms with E-state index in [-0.39, 0.29) is 11.8 Å². The predicted molar refractivity (Wildman–Crippen MR) is 134 cm³/mol. The van der Waals surface area contributed by atoms with Gasteiger partial charge in [0.15, 0.2) is 0 Å². The largest absolute Gasteiger partial charge is 0.461 e. The zero-order chi connectivity index (χ0) is 23.5. The van der Waals surface area contributed by atoms with Crippen molar-refractivity contribution < 1.29 is 14.0 Å². The van der Waals surface area contributed by atoms with Crippen LogP contribution >= 0.6 is 0 Å². The average molecular weight is 457 g/mol. The first kappa shape index (κ1) is 22.5. The number of fused-ring (bicyclic) bond motifs is 1. The number of aryl methyl sites for hydroxylation is 1. The highest BCUT2D eigenvalue weighted by Gasteiger charge is 2.32. The van der Waals surface area contributed by atoms with E-state index in [0.29, 0.717) is 18.0 Å². The highest BCUT2D eigenvalue weighted by atomic mass is 16.3. The first-order valence-electron chi connectivity index (χ1n) is 12.5. The number of hydrogen-bond donors (Lipinski definition) is 1. The molecule has 0 atom stereocenters. The maximum Gasteiger partial charge on any atom is 0.255 e. The standard InChI is InChI=1S/C29H32N2O3/c1-2-3-6-20-11-13-21(14-12-20)28(32)30-25-10-5-9-23(17-25)27-18-24-19-31(16-15-26(24)34-27)29(33)22-7-4-8-22/h5,9-14,17-18,22H,2-4,6-8,15-16,19H2,1H3,(H,30,32). The lowest BCUT2D eigenvalue weighted by Gasteiger charge is -2.33. The molecule has 5 nitrogen and oxygen atoms in total. The lowest BCUT2D eigenvalue weighted by molar-refractivity contribution is -0.139. The summed E-state index contributed by atoms with van der Waals surface area (Å²) in [6.07, 6.45) is 7.33. The minimum Gasteiger partial charge on any atom is -0.461 e. The summed E-state index contributed by atoms with van der Waals surface area (Å²) in [4.78, 5) is 27.4. The Morgan fingerprint density at radius 1 is 1.09 bits per heavy atom. The molecular formula is C29H32N2O3. The van der Waals surface area contributed by atoms with Gasteiger partial charge in [-0.05, 0) is 61.6 Å². The predicted octanol–water partition coefficient (Wildman–Crippen LogP) is 6.23. The van der Waals surface area contributed by atoms with Gasteiger partial charge in [0.25, 0.3) is 5.91 Å². The van der Waals surface area contributed by atoms with Gasteiger partial charge in [0.05, 0.1) is 0 Å². The molecular weight excluding hydrogens is 424 g/mol. The summed E-state index contributed by atoms with van der Waals surface area (Å²) in [6, 6.07) is 17.6. The average Bonchev–Trinajstić information content (AvgIpc) is 3.25. The summed E-state index contributed by atoms with van der Waals surface area (Å²) in [5.74, 6) is 2.14. The van der Waals surface area contributed by atoms with Crippen molar-refractivity contribution in [1.82, 2.24) is 4.90 Å². The van der Waals surface area contributed by atoms with E-state index in [1.807, 2.05) is 59.5 Å². The van der Waals surface area contributed by atoms with Crippen molar-refractivity contribution in [2.45, 2.75) is 58.4 Å². The molecule has 1 N–H and O–H groups in total. The monoisotopic (exact) mass is 456 g/mol. The molecule has 1 saturated carbocycles. The van der Waals surface area contributed by atoms with Crippen LogP contribution < -0.4 is 5.32 Å². The van der Waals surface area contributed by atoms with Gasteiger partial charge in [-0.2, -0.15) is 0 Å². The normalized spacial score (nSPS) is 15.5. The number of carbonyl (C=O) groups is 2. The Balaban J connectivity index is 1.26. The molecule has 0 radical (unpaired) electrons. The van der Waals surface area contributed by atoms with E-state index in [0.717, 1.165) is 73.4 Å². The van der Waals surface area contributed by atoms with Crippen LogP contribution in [0.3, 0.4) is 0 Å². The number of unbranched alkanes of at least 4 members (excludes halogenated alkanes) is 1. The Labute approximate surface area is 201 Å². The molecule has 176 valence electrons. The smallest absolute Gasteiger partial charge is 0.255 e. The van der Waals surface area contributed by atoms with E-state index in [2.05, 4.69) is 12.2 Å². The van der Waals surface area contributed by atoms with Gasteiger partial charge in [0.1, 0.15) is 11.5 Å². The number of anilines is 1. The third kappa shape index (κ3) is 4.79. The van der Waals surface area contributed by atoms with Gasteiger partial charge in [-0.1, -0.05) is 44.0 Å². The molecule has 1 aromatic heterocycles. The highest BCUT2D eigenvalue weighted by Crippen LogP contribution is 2.33. The molecule has 1 aliphatic heterocycles. The molecule has 2 heterocycles. The number of hydrogen-bond acceptors (Lipinski definition) is 3. The molecule has 2 amide bonds. The van der Waals surface area contributed by atoms with Gasteiger partial charge in [0, 0.05) is 47.8 Å². The van der Waals surface area contributed by atoms with Gasteiger partial charge >= 0.3 is 0 Å². The van der Waals surface area contributed by atoms with Crippen LogP contribution in [0.1, 0.15) is 66.3 Å². The van der Waals surface area contributed by atoms with E-state index < -0.39 is 0 Å². The topological polar surface area (TPSA) is 62.6 Å². The maximum atomic E-state index is 12.8. The number of nitrogens with zero attached hydrogens (tertiary/aromatic N) is 1. The molecule has 5 rings (SSSR count). The lowest BCUT2D eigenvalue weighted by atomic mass is 9.84. The molecule has 34 heavy (non-hydrogen) atoms. The second kappa shape index (κ2) is 9.88. The fraction of sp³-hybridized carbons (Fsp3) is 0.379. The molecule has 2 aliphatic rings. The fourth-order valence-corrected chi connectivity index (χ4v) is 4.73. The second-order valence-electron chi connectivity index (χ2n) is 9.53. The van der Waals surface area contributed by atoms with Crippen molar-refractivity contribution >= 4 is 17.5 Å². The summed E-state index contributed by atoms with van der Waals surface area (Å²) in [6.45, 7) is 3.53. The molecule has 3 aromatic rings. The molecule has 0 saturated heterocycles. The van der Waals surface area contributed by atoms with Crippen LogP contribution in [-0.2, 0) is 24.2 Å². The van der Waals surface area contributed by atoms with Crippen LogP contribution in [0.5, 0.6) is 0 Å². The van der Waals surface area contributed by atoms with E-state index >= 15 is 0 Å². The number of furan rings is 1. The Kier molecular flexibility index (Phi) is 6.52. The number of amides is 2. The maximum absolute atomic E-state index is 12.8. The highest BCUT2D eigenvalue weighted by molar-refractivity contribution is 6.04. The van der Waals surface area contributed by atoms with Gasteiger partial charge < -0.3 is 14.6 Å². The zero-order valence-electron chi connectivity index (χ0n) is 19.8. The third-order valence-electron chi connectivity index (χ3n) is 7.07. The minimum atomic E-state index is -0.122. The van der Waals surface area contributed by atoms with Gasteiger partial charge in [0.2, 0.25) is 5.91 Å². The lowest BCUT2D eigenvalue weighted by Crippen LogP contribution is -2.41. The zero-order valence-corrected chi connectivity index (χ0v) is 19.8. The van der Waals surface area contributed by atoms with Crippen molar-refractivity contribution in [3.05, 3.63) is 77.0 Å².